The number of nitrogens with one attached hydrogen (secondary N) is 1. The summed E-state index contributed by atoms with van der Waals surface area (Å²) in [5.74, 6) is 0.765. The van der Waals surface area contributed by atoms with E-state index in [1.807, 2.05) is 0 Å². The van der Waals surface area contributed by atoms with Gasteiger partial charge >= 0.3 is 6.09 Å². The van der Waals surface area contributed by atoms with Crippen molar-refractivity contribution in [1.29, 1.82) is 5.26 Å². The van der Waals surface area contributed by atoms with Crippen molar-refractivity contribution in [3.05, 3.63) is 29.8 Å². The first-order valence-corrected chi connectivity index (χ1v) is 7.02. The van der Waals surface area contributed by atoms with Gasteiger partial charge in [0.05, 0.1) is 18.2 Å². The van der Waals surface area contributed by atoms with Crippen LogP contribution in [0.1, 0.15) is 18.4 Å². The first kappa shape index (κ1) is 15.1. The first-order valence-electron chi connectivity index (χ1n) is 7.02. The minimum absolute atomic E-state index is 0.0435. The Morgan fingerprint density at radius 1 is 1.48 bits per heavy atom. The number of rotatable bonds is 6. The van der Waals surface area contributed by atoms with Gasteiger partial charge in [0.25, 0.3) is 0 Å². The summed E-state index contributed by atoms with van der Waals surface area (Å²) in [5, 5.41) is 19.9. The van der Waals surface area contributed by atoms with Gasteiger partial charge in [0.1, 0.15) is 5.75 Å². The van der Waals surface area contributed by atoms with E-state index < -0.39 is 6.09 Å². The van der Waals surface area contributed by atoms with Crippen LogP contribution in [0, 0.1) is 11.3 Å². The molecule has 6 nitrogen and oxygen atoms in total. The Kier molecular flexibility index (Phi) is 5.41. The molecule has 1 atom stereocenters. The lowest BCUT2D eigenvalue weighted by atomic mass is 10.2. The molecule has 1 aromatic rings. The molecule has 1 heterocycles. The molecule has 21 heavy (non-hydrogen) atoms. The van der Waals surface area contributed by atoms with Crippen LogP contribution in [-0.2, 0) is 0 Å². The number of nitriles is 1. The Morgan fingerprint density at radius 3 is 2.90 bits per heavy atom. The van der Waals surface area contributed by atoms with Crippen molar-refractivity contribution in [1.82, 2.24) is 10.2 Å². The average molecular weight is 289 g/mol. The molecule has 0 saturated carbocycles. The molecule has 1 amide bonds. The summed E-state index contributed by atoms with van der Waals surface area (Å²) in [6.45, 7) is 3.19. The number of carboxylic acid groups (broad SMARTS) is 1. The van der Waals surface area contributed by atoms with Crippen LogP contribution in [0.25, 0.3) is 0 Å². The van der Waals surface area contributed by atoms with Crippen LogP contribution in [0.3, 0.4) is 0 Å². The Labute approximate surface area is 123 Å². The fourth-order valence-corrected chi connectivity index (χ4v) is 2.43. The molecule has 1 aliphatic rings. The van der Waals surface area contributed by atoms with E-state index in [9.17, 15) is 4.79 Å². The van der Waals surface area contributed by atoms with Crippen LogP contribution in [0.2, 0.25) is 0 Å². The van der Waals surface area contributed by atoms with Gasteiger partial charge in [0.2, 0.25) is 0 Å². The van der Waals surface area contributed by atoms with E-state index in [1.165, 1.54) is 0 Å². The Morgan fingerprint density at radius 2 is 2.24 bits per heavy atom. The molecule has 1 saturated heterocycles. The number of hydrogen-bond acceptors (Lipinski definition) is 4. The van der Waals surface area contributed by atoms with Gasteiger partial charge in [-0.05, 0) is 37.1 Å². The second-order valence-electron chi connectivity index (χ2n) is 5.07. The van der Waals surface area contributed by atoms with Gasteiger partial charge in [-0.2, -0.15) is 5.26 Å². The summed E-state index contributed by atoms with van der Waals surface area (Å²) in [6.07, 6.45) is 0.800. The molecule has 112 valence electrons. The number of amides is 1. The highest BCUT2D eigenvalue weighted by atomic mass is 16.5. The zero-order chi connectivity index (χ0) is 15.1. The largest absolute Gasteiger partial charge is 0.494 e. The van der Waals surface area contributed by atoms with Gasteiger partial charge in [0.15, 0.2) is 0 Å². The third-order valence-corrected chi connectivity index (χ3v) is 3.47. The SMILES string of the molecule is N#Cc1ccc(OCCCN2CCC(NC(=O)O)C2)cc1. The molecule has 0 radical (unpaired) electrons. The summed E-state index contributed by atoms with van der Waals surface area (Å²) in [4.78, 5) is 12.8. The van der Waals surface area contributed by atoms with Crippen molar-refractivity contribution in [3.8, 4) is 11.8 Å². The van der Waals surface area contributed by atoms with Crippen LogP contribution in [0.5, 0.6) is 5.75 Å². The summed E-state index contributed by atoms with van der Waals surface area (Å²) in [6, 6.07) is 9.16. The number of nitrogens with zero attached hydrogens (tertiary/aromatic N) is 2. The predicted molar refractivity (Wildman–Crippen MR) is 77.3 cm³/mol. The minimum Gasteiger partial charge on any atom is -0.494 e. The van der Waals surface area contributed by atoms with E-state index in [4.69, 9.17) is 15.1 Å². The fraction of sp³-hybridized carbons (Fsp3) is 0.467. The zero-order valence-corrected chi connectivity index (χ0v) is 11.8. The van der Waals surface area contributed by atoms with Gasteiger partial charge in [0, 0.05) is 25.7 Å². The van der Waals surface area contributed by atoms with E-state index >= 15 is 0 Å². The highest BCUT2D eigenvalue weighted by Crippen LogP contribution is 2.13. The monoisotopic (exact) mass is 289 g/mol. The second kappa shape index (κ2) is 7.50. The highest BCUT2D eigenvalue weighted by molar-refractivity contribution is 5.64. The van der Waals surface area contributed by atoms with Gasteiger partial charge in [-0.25, -0.2) is 4.79 Å². The molecule has 1 fully saturated rings. The number of carbonyl (C=O) groups is 1. The second-order valence-corrected chi connectivity index (χ2v) is 5.07. The van der Waals surface area contributed by atoms with Crippen molar-refractivity contribution in [2.45, 2.75) is 18.9 Å². The molecule has 1 unspecified atom stereocenters. The molecule has 0 bridgehead atoms. The lowest BCUT2D eigenvalue weighted by molar-refractivity contribution is 0.189. The number of hydrogen-bond donors (Lipinski definition) is 2. The van der Waals surface area contributed by atoms with Crippen LogP contribution in [0.4, 0.5) is 4.79 Å². The fourth-order valence-electron chi connectivity index (χ4n) is 2.43. The molecule has 2 rings (SSSR count). The predicted octanol–water partition coefficient (Wildman–Crippen LogP) is 1.67. The summed E-state index contributed by atoms with van der Waals surface area (Å²) in [7, 11) is 0. The Bertz CT molecular complexity index is 510. The van der Waals surface area contributed by atoms with Gasteiger partial charge in [-0.3, -0.25) is 0 Å². The molecular formula is C15H19N3O3. The number of benzene rings is 1. The summed E-state index contributed by atoms with van der Waals surface area (Å²) < 4.78 is 5.61. The Balaban J connectivity index is 1.62. The lowest BCUT2D eigenvalue weighted by Crippen LogP contribution is -2.36. The first-order chi connectivity index (χ1) is 10.2. The third kappa shape index (κ3) is 4.97. The lowest BCUT2D eigenvalue weighted by Gasteiger charge is -2.16. The van der Waals surface area contributed by atoms with Crippen molar-refractivity contribution in [2.75, 3.05) is 26.2 Å². The third-order valence-electron chi connectivity index (χ3n) is 3.47. The topological polar surface area (TPSA) is 85.6 Å². The van der Waals surface area contributed by atoms with Crippen molar-refractivity contribution in [2.24, 2.45) is 0 Å². The van der Waals surface area contributed by atoms with Gasteiger partial charge < -0.3 is 20.1 Å². The van der Waals surface area contributed by atoms with Gasteiger partial charge in [-0.1, -0.05) is 0 Å². The maximum absolute atomic E-state index is 10.6. The summed E-state index contributed by atoms with van der Waals surface area (Å²) in [5.41, 5.74) is 0.622. The molecule has 2 N–H and O–H groups in total. The van der Waals surface area contributed by atoms with E-state index in [0.717, 1.165) is 38.2 Å². The average Bonchev–Trinajstić information content (AvgIpc) is 2.91. The Hall–Kier alpha value is -2.26. The maximum atomic E-state index is 10.6. The van der Waals surface area contributed by atoms with Crippen LogP contribution in [-0.4, -0.2) is 48.4 Å². The van der Waals surface area contributed by atoms with E-state index in [2.05, 4.69) is 16.3 Å². The quantitative estimate of drug-likeness (QED) is 0.778. The molecule has 0 spiro atoms. The van der Waals surface area contributed by atoms with E-state index in [0.29, 0.717) is 12.2 Å². The van der Waals surface area contributed by atoms with Crippen LogP contribution >= 0.6 is 0 Å². The van der Waals surface area contributed by atoms with Crippen molar-refractivity contribution in [3.63, 3.8) is 0 Å². The molecular weight excluding hydrogens is 270 g/mol. The molecule has 0 aromatic heterocycles. The highest BCUT2D eigenvalue weighted by Gasteiger charge is 2.22. The normalized spacial score (nSPS) is 18.1. The minimum atomic E-state index is -0.953. The standard InChI is InChI=1S/C15H19N3O3/c16-10-12-2-4-14(5-3-12)21-9-1-7-18-8-6-13(11-18)17-15(19)20/h2-5,13,17H,1,6-9,11H2,(H,19,20). The van der Waals surface area contributed by atoms with Crippen LogP contribution in [0.15, 0.2) is 24.3 Å². The molecule has 6 heteroatoms. The molecule has 1 aliphatic heterocycles. The molecule has 0 aliphatic carbocycles. The van der Waals surface area contributed by atoms with Crippen molar-refractivity contribution < 1.29 is 14.6 Å². The smallest absolute Gasteiger partial charge is 0.404 e. The maximum Gasteiger partial charge on any atom is 0.404 e. The van der Waals surface area contributed by atoms with E-state index in [1.54, 1.807) is 24.3 Å². The number of likely N-dealkylation sites (tertiary alicyclic amines) is 1. The van der Waals surface area contributed by atoms with Gasteiger partial charge in [-0.15, -0.1) is 0 Å². The van der Waals surface area contributed by atoms with Crippen LogP contribution < -0.4 is 10.1 Å². The summed E-state index contributed by atoms with van der Waals surface area (Å²) >= 11 is 0. The van der Waals surface area contributed by atoms with E-state index in [-0.39, 0.29) is 6.04 Å². The zero-order valence-electron chi connectivity index (χ0n) is 11.8. The number of ether oxygens (including phenoxy) is 1. The van der Waals surface area contributed by atoms with Crippen molar-refractivity contribution >= 4 is 6.09 Å². The molecule has 1 aromatic carbocycles.